The minimum atomic E-state index is -1.20. The summed E-state index contributed by atoms with van der Waals surface area (Å²) in [6, 6.07) is 23.4. The lowest BCUT2D eigenvalue weighted by molar-refractivity contribution is -0.152. The van der Waals surface area contributed by atoms with E-state index in [1.54, 1.807) is 48.5 Å². The molecule has 1 aliphatic heterocycles. The Labute approximate surface area is 197 Å². The summed E-state index contributed by atoms with van der Waals surface area (Å²) in [4.78, 5) is 52.4. The van der Waals surface area contributed by atoms with Crippen molar-refractivity contribution in [3.8, 4) is 0 Å². The lowest BCUT2D eigenvalue weighted by atomic mass is 10.0. The van der Waals surface area contributed by atoms with Crippen molar-refractivity contribution in [2.24, 2.45) is 0 Å². The molecule has 3 aromatic carbocycles. The summed E-state index contributed by atoms with van der Waals surface area (Å²) in [6.45, 7) is 1.30. The molecule has 0 aromatic heterocycles. The average molecular weight is 456 g/mol. The molecule has 1 aliphatic rings. The number of amides is 3. The minimum absolute atomic E-state index is 0.0766. The first-order valence-electron chi connectivity index (χ1n) is 11.0. The van der Waals surface area contributed by atoms with Crippen molar-refractivity contribution in [2.75, 3.05) is 6.61 Å². The topological polar surface area (TPSA) is 92.8 Å². The molecule has 0 radical (unpaired) electrons. The van der Waals surface area contributed by atoms with Crippen molar-refractivity contribution < 1.29 is 23.9 Å². The van der Waals surface area contributed by atoms with Crippen LogP contribution in [0.2, 0.25) is 0 Å². The van der Waals surface area contributed by atoms with E-state index in [-0.39, 0.29) is 23.6 Å². The van der Waals surface area contributed by atoms with Gasteiger partial charge in [-0.1, -0.05) is 72.8 Å². The van der Waals surface area contributed by atoms with Gasteiger partial charge >= 0.3 is 5.97 Å². The lowest BCUT2D eigenvalue weighted by Crippen LogP contribution is -2.47. The number of rotatable bonds is 8. The fourth-order valence-corrected chi connectivity index (χ4v) is 3.95. The lowest BCUT2D eigenvalue weighted by Gasteiger charge is -2.25. The number of carbonyl (C=O) groups excluding carboxylic acids is 4. The van der Waals surface area contributed by atoms with Gasteiger partial charge in [0.15, 0.2) is 6.61 Å². The van der Waals surface area contributed by atoms with E-state index in [0.29, 0.717) is 0 Å². The van der Waals surface area contributed by atoms with Crippen molar-refractivity contribution in [1.29, 1.82) is 0 Å². The highest BCUT2D eigenvalue weighted by Crippen LogP contribution is 2.26. The molecule has 7 nitrogen and oxygen atoms in total. The van der Waals surface area contributed by atoms with Crippen LogP contribution in [0.4, 0.5) is 0 Å². The van der Waals surface area contributed by atoms with Crippen LogP contribution < -0.4 is 5.32 Å². The summed E-state index contributed by atoms with van der Waals surface area (Å²) in [5.41, 5.74) is 2.15. The molecule has 34 heavy (non-hydrogen) atoms. The van der Waals surface area contributed by atoms with Gasteiger partial charge in [0.1, 0.15) is 6.04 Å². The third-order valence-electron chi connectivity index (χ3n) is 5.70. The smallest absolute Gasteiger partial charge is 0.330 e. The molecule has 0 saturated carbocycles. The van der Waals surface area contributed by atoms with E-state index in [1.165, 1.54) is 0 Å². The third-order valence-corrected chi connectivity index (χ3v) is 5.70. The molecule has 7 heteroatoms. The Kier molecular flexibility index (Phi) is 6.82. The molecule has 1 N–H and O–H groups in total. The number of hydrogen-bond acceptors (Lipinski definition) is 5. The van der Waals surface area contributed by atoms with Crippen LogP contribution in [0.15, 0.2) is 84.9 Å². The number of hydrogen-bond donors (Lipinski definition) is 1. The van der Waals surface area contributed by atoms with E-state index >= 15 is 0 Å². The standard InChI is InChI=1S/C27H24N2O5/c1-18(20-12-6-3-7-13-20)28-24(30)17-34-27(33)23(16-19-10-4-2-5-11-19)29-25(31)21-14-8-9-15-22(21)26(29)32/h2-15,18,23H,16-17H2,1H3,(H,28,30)/t18-,23+/m1/s1. The van der Waals surface area contributed by atoms with E-state index in [0.717, 1.165) is 16.0 Å². The normalized spacial score (nSPS) is 14.3. The maximum atomic E-state index is 13.1. The van der Waals surface area contributed by atoms with Crippen LogP contribution >= 0.6 is 0 Å². The van der Waals surface area contributed by atoms with Crippen LogP contribution in [0, 0.1) is 0 Å². The highest BCUT2D eigenvalue weighted by molar-refractivity contribution is 6.22. The number of nitrogens with zero attached hydrogens (tertiary/aromatic N) is 1. The number of imide groups is 1. The Bertz CT molecular complexity index is 1170. The van der Waals surface area contributed by atoms with Gasteiger partial charge in [-0.3, -0.25) is 19.3 Å². The largest absolute Gasteiger partial charge is 0.454 e. The number of nitrogens with one attached hydrogen (secondary N) is 1. The Morgan fingerprint density at radius 2 is 1.35 bits per heavy atom. The first kappa shape index (κ1) is 22.9. The first-order chi connectivity index (χ1) is 16.5. The minimum Gasteiger partial charge on any atom is -0.454 e. The maximum Gasteiger partial charge on any atom is 0.330 e. The summed E-state index contributed by atoms with van der Waals surface area (Å²) in [7, 11) is 0. The zero-order valence-electron chi connectivity index (χ0n) is 18.6. The Balaban J connectivity index is 1.48. The zero-order valence-corrected chi connectivity index (χ0v) is 18.6. The van der Waals surface area contributed by atoms with Crippen LogP contribution in [0.5, 0.6) is 0 Å². The summed E-state index contributed by atoms with van der Waals surface area (Å²) in [5.74, 6) is -2.41. The molecule has 0 unspecified atom stereocenters. The van der Waals surface area contributed by atoms with E-state index < -0.39 is 36.3 Å². The van der Waals surface area contributed by atoms with Crippen LogP contribution in [0.1, 0.15) is 44.8 Å². The van der Waals surface area contributed by atoms with Crippen molar-refractivity contribution in [3.05, 3.63) is 107 Å². The predicted molar refractivity (Wildman–Crippen MR) is 125 cm³/mol. The molecule has 2 atom stereocenters. The van der Waals surface area contributed by atoms with Crippen LogP contribution in [-0.2, 0) is 20.7 Å². The quantitative estimate of drug-likeness (QED) is 0.415. The fourth-order valence-electron chi connectivity index (χ4n) is 3.95. The Morgan fingerprint density at radius 1 is 0.824 bits per heavy atom. The second-order valence-corrected chi connectivity index (χ2v) is 8.04. The Hall–Kier alpha value is -4.26. The molecule has 0 bridgehead atoms. The molecule has 3 aromatic rings. The number of ether oxygens (including phenoxy) is 1. The van der Waals surface area contributed by atoms with Crippen molar-refractivity contribution in [2.45, 2.75) is 25.4 Å². The zero-order chi connectivity index (χ0) is 24.1. The number of esters is 1. The molecule has 0 aliphatic carbocycles. The van der Waals surface area contributed by atoms with E-state index in [2.05, 4.69) is 5.32 Å². The van der Waals surface area contributed by atoms with Crippen LogP contribution in [0.3, 0.4) is 0 Å². The van der Waals surface area contributed by atoms with Crippen molar-refractivity contribution in [3.63, 3.8) is 0 Å². The number of fused-ring (bicyclic) bond motifs is 1. The van der Waals surface area contributed by atoms with Crippen LogP contribution in [0.25, 0.3) is 0 Å². The van der Waals surface area contributed by atoms with E-state index in [9.17, 15) is 19.2 Å². The monoisotopic (exact) mass is 456 g/mol. The third kappa shape index (κ3) is 4.88. The van der Waals surface area contributed by atoms with Gasteiger partial charge in [0, 0.05) is 6.42 Å². The summed E-state index contributed by atoms with van der Waals surface area (Å²) in [5, 5.41) is 2.78. The molecule has 0 fully saturated rings. The predicted octanol–water partition coefficient (Wildman–Crippen LogP) is 3.31. The average Bonchev–Trinajstić information content (AvgIpc) is 3.12. The van der Waals surface area contributed by atoms with Crippen LogP contribution in [-0.4, -0.2) is 41.2 Å². The summed E-state index contributed by atoms with van der Waals surface area (Å²) < 4.78 is 5.29. The second-order valence-electron chi connectivity index (χ2n) is 8.04. The van der Waals surface area contributed by atoms with E-state index in [4.69, 9.17) is 4.74 Å². The summed E-state index contributed by atoms with van der Waals surface area (Å²) >= 11 is 0. The number of carbonyl (C=O) groups is 4. The van der Waals surface area contributed by atoms with Gasteiger partial charge < -0.3 is 10.1 Å². The molecule has 4 rings (SSSR count). The first-order valence-corrected chi connectivity index (χ1v) is 11.0. The van der Waals surface area contributed by atoms with Gasteiger partial charge in [0.05, 0.1) is 17.2 Å². The van der Waals surface area contributed by atoms with Gasteiger partial charge in [-0.25, -0.2) is 4.79 Å². The molecule has 172 valence electrons. The van der Waals surface area contributed by atoms with Crippen molar-refractivity contribution in [1.82, 2.24) is 10.2 Å². The SMILES string of the molecule is C[C@@H](NC(=O)COC(=O)[C@H](Cc1ccccc1)N1C(=O)c2ccccc2C1=O)c1ccccc1. The highest BCUT2D eigenvalue weighted by atomic mass is 16.5. The highest BCUT2D eigenvalue weighted by Gasteiger charge is 2.43. The second kappa shape index (κ2) is 10.1. The maximum absolute atomic E-state index is 13.1. The molecular formula is C27H24N2O5. The fraction of sp³-hybridized carbons (Fsp3) is 0.185. The molecular weight excluding hydrogens is 432 g/mol. The molecule has 1 heterocycles. The molecule has 0 spiro atoms. The number of benzene rings is 3. The summed E-state index contributed by atoms with van der Waals surface area (Å²) in [6.07, 6.45) is 0.0766. The van der Waals surface area contributed by atoms with Crippen molar-refractivity contribution >= 4 is 23.7 Å². The van der Waals surface area contributed by atoms with E-state index in [1.807, 2.05) is 43.3 Å². The molecule has 3 amide bonds. The molecule has 0 saturated heterocycles. The van der Waals surface area contributed by atoms with Gasteiger partial charge in [-0.15, -0.1) is 0 Å². The van der Waals surface area contributed by atoms with Gasteiger partial charge in [0.25, 0.3) is 17.7 Å². The van der Waals surface area contributed by atoms with Gasteiger partial charge in [-0.2, -0.15) is 0 Å². The van der Waals surface area contributed by atoms with Gasteiger partial charge in [0.2, 0.25) is 0 Å². The Morgan fingerprint density at radius 3 is 1.94 bits per heavy atom. The van der Waals surface area contributed by atoms with Gasteiger partial charge in [-0.05, 0) is 30.2 Å².